The van der Waals surface area contributed by atoms with Crippen LogP contribution in [0.25, 0.3) is 0 Å². The molecule has 0 saturated heterocycles. The van der Waals surface area contributed by atoms with Gasteiger partial charge in [0.25, 0.3) is 5.91 Å². The summed E-state index contributed by atoms with van der Waals surface area (Å²) < 4.78 is 0. The quantitative estimate of drug-likeness (QED) is 0.540. The molecule has 3 heteroatoms. The highest BCUT2D eigenvalue weighted by atomic mass is 16.2. The van der Waals surface area contributed by atoms with Crippen molar-refractivity contribution in [2.75, 3.05) is 0 Å². The van der Waals surface area contributed by atoms with Crippen LogP contribution >= 0.6 is 0 Å². The first-order valence-electron chi connectivity index (χ1n) is 8.52. The molecule has 0 heterocycles. The van der Waals surface area contributed by atoms with Crippen LogP contribution in [0.4, 0.5) is 0 Å². The van der Waals surface area contributed by atoms with Crippen LogP contribution in [0.1, 0.15) is 41.3 Å². The number of hydrazine groups is 1. The molecule has 0 aliphatic rings. The van der Waals surface area contributed by atoms with Crippen LogP contribution in [-0.2, 0) is 12.8 Å². The Morgan fingerprint density at radius 2 is 1.79 bits per heavy atom. The van der Waals surface area contributed by atoms with Crippen LogP contribution in [-0.4, -0.2) is 11.9 Å². The fourth-order valence-electron chi connectivity index (χ4n) is 2.57. The number of carbonyl (C=O) groups excluding carboxylic acids is 1. The average molecular weight is 322 g/mol. The van der Waals surface area contributed by atoms with Crippen molar-refractivity contribution >= 4 is 5.91 Å². The van der Waals surface area contributed by atoms with Crippen molar-refractivity contribution in [3.63, 3.8) is 0 Å². The summed E-state index contributed by atoms with van der Waals surface area (Å²) in [4.78, 5) is 12.2. The van der Waals surface area contributed by atoms with E-state index in [0.717, 1.165) is 25.7 Å². The van der Waals surface area contributed by atoms with Gasteiger partial charge < -0.3 is 0 Å². The molecule has 2 aromatic rings. The minimum atomic E-state index is -0.105. The van der Waals surface area contributed by atoms with Gasteiger partial charge in [-0.3, -0.25) is 10.2 Å². The minimum absolute atomic E-state index is 0.105. The highest BCUT2D eigenvalue weighted by Crippen LogP contribution is 2.08. The number of amides is 1. The molecular formula is C21H26N2O. The van der Waals surface area contributed by atoms with E-state index in [0.29, 0.717) is 5.56 Å². The Morgan fingerprint density at radius 1 is 1.08 bits per heavy atom. The van der Waals surface area contributed by atoms with Gasteiger partial charge in [0.1, 0.15) is 0 Å². The maximum absolute atomic E-state index is 12.2. The molecule has 0 fully saturated rings. The van der Waals surface area contributed by atoms with Gasteiger partial charge in [-0.15, -0.1) is 6.58 Å². The van der Waals surface area contributed by atoms with Gasteiger partial charge in [-0.25, -0.2) is 5.43 Å². The number of nitrogens with one attached hydrogen (secondary N) is 2. The highest BCUT2D eigenvalue weighted by molar-refractivity contribution is 5.93. The number of aryl methyl sites for hydroxylation is 2. The molecule has 0 aliphatic carbocycles. The molecule has 2 aromatic carbocycles. The number of hydrogen-bond acceptors (Lipinski definition) is 2. The first kappa shape index (κ1) is 18.0. The molecule has 0 bridgehead atoms. The van der Waals surface area contributed by atoms with Crippen LogP contribution < -0.4 is 10.9 Å². The van der Waals surface area contributed by atoms with E-state index in [2.05, 4.69) is 36.5 Å². The molecule has 0 radical (unpaired) electrons. The maximum Gasteiger partial charge on any atom is 0.265 e. The van der Waals surface area contributed by atoms with E-state index in [9.17, 15) is 4.79 Å². The van der Waals surface area contributed by atoms with Crippen molar-refractivity contribution in [2.45, 2.75) is 38.6 Å². The van der Waals surface area contributed by atoms with E-state index < -0.39 is 0 Å². The van der Waals surface area contributed by atoms with Crippen LogP contribution in [0.2, 0.25) is 0 Å². The minimum Gasteiger partial charge on any atom is -0.287 e. The predicted molar refractivity (Wildman–Crippen MR) is 99.8 cm³/mol. The number of benzene rings is 2. The van der Waals surface area contributed by atoms with E-state index in [1.807, 2.05) is 48.5 Å². The summed E-state index contributed by atoms with van der Waals surface area (Å²) in [5, 5.41) is 0. The van der Waals surface area contributed by atoms with Crippen molar-refractivity contribution in [2.24, 2.45) is 0 Å². The smallest absolute Gasteiger partial charge is 0.265 e. The standard InChI is InChI=1S/C21H26N2O/c1-3-8-20(16-13-18-9-6-5-7-10-18)22-23-21(24)19-14-11-17(4-2)12-15-19/h3,5-7,9-12,14-15,20,22H,1,4,8,13,16H2,2H3,(H,23,24)/t20-/m0/s1. The summed E-state index contributed by atoms with van der Waals surface area (Å²) in [5.41, 5.74) is 9.16. The lowest BCUT2D eigenvalue weighted by atomic mass is 10.0. The van der Waals surface area contributed by atoms with Gasteiger partial charge in [-0.05, 0) is 48.9 Å². The second-order valence-electron chi connectivity index (χ2n) is 5.89. The van der Waals surface area contributed by atoms with Crippen molar-refractivity contribution in [3.05, 3.63) is 83.9 Å². The molecule has 0 spiro atoms. The van der Waals surface area contributed by atoms with Crippen LogP contribution in [0.15, 0.2) is 67.3 Å². The van der Waals surface area contributed by atoms with Crippen LogP contribution in [0, 0.1) is 0 Å². The lowest BCUT2D eigenvalue weighted by molar-refractivity contribution is 0.0924. The maximum atomic E-state index is 12.2. The van der Waals surface area contributed by atoms with Crippen LogP contribution in [0.3, 0.4) is 0 Å². The van der Waals surface area contributed by atoms with Gasteiger partial charge in [-0.2, -0.15) is 0 Å². The molecule has 0 unspecified atom stereocenters. The molecule has 1 atom stereocenters. The molecule has 3 nitrogen and oxygen atoms in total. The Bertz CT molecular complexity index is 635. The second kappa shape index (κ2) is 9.68. The third-order valence-corrected chi connectivity index (χ3v) is 4.09. The van der Waals surface area contributed by atoms with Gasteiger partial charge in [0.15, 0.2) is 0 Å². The molecular weight excluding hydrogens is 296 g/mol. The molecule has 126 valence electrons. The molecule has 24 heavy (non-hydrogen) atoms. The Labute approximate surface area is 144 Å². The van der Waals surface area contributed by atoms with E-state index in [4.69, 9.17) is 0 Å². The van der Waals surface area contributed by atoms with Gasteiger partial charge >= 0.3 is 0 Å². The summed E-state index contributed by atoms with van der Waals surface area (Å²) in [6.07, 6.45) is 5.56. The van der Waals surface area contributed by atoms with Gasteiger partial charge in [0, 0.05) is 11.6 Å². The normalized spacial score (nSPS) is 11.7. The van der Waals surface area contributed by atoms with E-state index in [1.54, 1.807) is 0 Å². The van der Waals surface area contributed by atoms with Crippen molar-refractivity contribution in [1.29, 1.82) is 0 Å². The molecule has 0 aliphatic heterocycles. The first-order chi connectivity index (χ1) is 11.7. The molecule has 2 N–H and O–H groups in total. The van der Waals surface area contributed by atoms with Crippen molar-refractivity contribution < 1.29 is 4.79 Å². The van der Waals surface area contributed by atoms with Gasteiger partial charge in [0.2, 0.25) is 0 Å². The second-order valence-corrected chi connectivity index (χ2v) is 5.89. The van der Waals surface area contributed by atoms with Gasteiger partial charge in [-0.1, -0.05) is 55.5 Å². The van der Waals surface area contributed by atoms with Crippen molar-refractivity contribution in [1.82, 2.24) is 10.9 Å². The zero-order valence-electron chi connectivity index (χ0n) is 14.3. The Balaban J connectivity index is 1.85. The third kappa shape index (κ3) is 5.67. The zero-order valence-corrected chi connectivity index (χ0v) is 14.3. The van der Waals surface area contributed by atoms with E-state index in [-0.39, 0.29) is 11.9 Å². The Hall–Kier alpha value is -2.39. The summed E-state index contributed by atoms with van der Waals surface area (Å²) in [6, 6.07) is 18.2. The lowest BCUT2D eigenvalue weighted by Crippen LogP contribution is -2.44. The monoisotopic (exact) mass is 322 g/mol. The molecule has 1 amide bonds. The number of carbonyl (C=O) groups is 1. The SMILES string of the molecule is C=CC[C@@H](CCc1ccccc1)NNC(=O)c1ccc(CC)cc1. The summed E-state index contributed by atoms with van der Waals surface area (Å²) in [5.74, 6) is -0.105. The number of rotatable bonds is 9. The zero-order chi connectivity index (χ0) is 17.2. The first-order valence-corrected chi connectivity index (χ1v) is 8.52. The van der Waals surface area contributed by atoms with E-state index >= 15 is 0 Å². The van der Waals surface area contributed by atoms with Crippen LogP contribution in [0.5, 0.6) is 0 Å². The third-order valence-electron chi connectivity index (χ3n) is 4.09. The summed E-state index contributed by atoms with van der Waals surface area (Å²) in [7, 11) is 0. The molecule has 0 aromatic heterocycles. The average Bonchev–Trinajstić information content (AvgIpc) is 2.64. The fourth-order valence-corrected chi connectivity index (χ4v) is 2.57. The lowest BCUT2D eigenvalue weighted by Gasteiger charge is -2.18. The fraction of sp³-hybridized carbons (Fsp3) is 0.286. The number of hydrogen-bond donors (Lipinski definition) is 2. The largest absolute Gasteiger partial charge is 0.287 e. The molecule has 2 rings (SSSR count). The van der Waals surface area contributed by atoms with Gasteiger partial charge in [0.05, 0.1) is 0 Å². The van der Waals surface area contributed by atoms with E-state index in [1.165, 1.54) is 11.1 Å². The molecule has 0 saturated carbocycles. The Kier molecular flexibility index (Phi) is 7.24. The Morgan fingerprint density at radius 3 is 2.42 bits per heavy atom. The predicted octanol–water partition coefficient (Wildman–Crippen LogP) is 4.06. The topological polar surface area (TPSA) is 41.1 Å². The highest BCUT2D eigenvalue weighted by Gasteiger charge is 2.10. The van der Waals surface area contributed by atoms with Crippen molar-refractivity contribution in [3.8, 4) is 0 Å². The summed E-state index contributed by atoms with van der Waals surface area (Å²) in [6.45, 7) is 5.91. The summed E-state index contributed by atoms with van der Waals surface area (Å²) >= 11 is 0.